The lowest BCUT2D eigenvalue weighted by Crippen LogP contribution is -2.02. The number of ketones is 1. The standard InChI is InChI=1S/C10H10ClNO3/c1-2-10(13)9-4-3-8(12(14)15)5-7(9)6-11/h3-5H,2,6H2,1H3. The van der Waals surface area contributed by atoms with Gasteiger partial charge >= 0.3 is 0 Å². The normalized spacial score (nSPS) is 10.0. The van der Waals surface area contributed by atoms with Gasteiger partial charge in [0.25, 0.3) is 5.69 Å². The molecule has 1 aromatic rings. The molecule has 4 nitrogen and oxygen atoms in total. The SMILES string of the molecule is CCC(=O)c1ccc([N+](=O)[O-])cc1CCl. The van der Waals surface area contributed by atoms with Crippen molar-refractivity contribution < 1.29 is 9.72 Å². The Morgan fingerprint density at radius 3 is 2.67 bits per heavy atom. The number of nitrogens with zero attached hydrogens (tertiary/aromatic N) is 1. The number of Topliss-reactive ketones (excluding diaryl/α,β-unsaturated/α-hetero) is 1. The number of halogens is 1. The zero-order valence-corrected chi connectivity index (χ0v) is 8.95. The molecule has 0 unspecified atom stereocenters. The van der Waals surface area contributed by atoms with E-state index in [1.54, 1.807) is 6.92 Å². The second kappa shape index (κ2) is 4.89. The first kappa shape index (κ1) is 11.7. The largest absolute Gasteiger partial charge is 0.294 e. The second-order valence-corrected chi connectivity index (χ2v) is 3.28. The molecule has 1 rings (SSSR count). The molecule has 15 heavy (non-hydrogen) atoms. The van der Waals surface area contributed by atoms with E-state index in [2.05, 4.69) is 0 Å². The highest BCUT2D eigenvalue weighted by molar-refractivity contribution is 6.17. The van der Waals surface area contributed by atoms with Gasteiger partial charge in [0.2, 0.25) is 0 Å². The first-order valence-electron chi connectivity index (χ1n) is 4.46. The first-order chi connectivity index (χ1) is 7.10. The van der Waals surface area contributed by atoms with Gasteiger partial charge in [0.15, 0.2) is 5.78 Å². The fourth-order valence-corrected chi connectivity index (χ4v) is 1.49. The van der Waals surface area contributed by atoms with Crippen LogP contribution in [0, 0.1) is 10.1 Å². The quantitative estimate of drug-likeness (QED) is 0.344. The number of benzene rings is 1. The highest BCUT2D eigenvalue weighted by atomic mass is 35.5. The van der Waals surface area contributed by atoms with Crippen molar-refractivity contribution in [2.45, 2.75) is 19.2 Å². The van der Waals surface area contributed by atoms with E-state index >= 15 is 0 Å². The lowest BCUT2D eigenvalue weighted by atomic mass is 10.0. The Hall–Kier alpha value is -1.42. The molecular formula is C10H10ClNO3. The van der Waals surface area contributed by atoms with E-state index in [4.69, 9.17) is 11.6 Å². The maximum atomic E-state index is 11.4. The average molecular weight is 228 g/mol. The van der Waals surface area contributed by atoms with Crippen LogP contribution in [0.25, 0.3) is 0 Å². The summed E-state index contributed by atoms with van der Waals surface area (Å²) in [4.78, 5) is 21.4. The molecule has 0 aromatic heterocycles. The second-order valence-electron chi connectivity index (χ2n) is 3.01. The topological polar surface area (TPSA) is 60.2 Å². The van der Waals surface area contributed by atoms with E-state index in [0.29, 0.717) is 17.5 Å². The summed E-state index contributed by atoms with van der Waals surface area (Å²) in [6.07, 6.45) is 0.363. The maximum absolute atomic E-state index is 11.4. The number of nitro groups is 1. The minimum Gasteiger partial charge on any atom is -0.294 e. The van der Waals surface area contributed by atoms with Crippen LogP contribution >= 0.6 is 11.6 Å². The molecule has 1 aromatic carbocycles. The van der Waals surface area contributed by atoms with Gasteiger partial charge in [0, 0.05) is 30.0 Å². The fourth-order valence-electron chi connectivity index (χ4n) is 1.27. The molecule has 0 N–H and O–H groups in total. The smallest absolute Gasteiger partial charge is 0.269 e. The zero-order chi connectivity index (χ0) is 11.4. The summed E-state index contributed by atoms with van der Waals surface area (Å²) < 4.78 is 0. The molecule has 0 radical (unpaired) electrons. The molecule has 0 saturated heterocycles. The third-order valence-electron chi connectivity index (χ3n) is 2.07. The number of rotatable bonds is 4. The van der Waals surface area contributed by atoms with Gasteiger partial charge in [-0.3, -0.25) is 14.9 Å². The highest BCUT2D eigenvalue weighted by Crippen LogP contribution is 2.20. The first-order valence-corrected chi connectivity index (χ1v) is 5.00. The Balaban J connectivity index is 3.20. The van der Waals surface area contributed by atoms with E-state index in [1.807, 2.05) is 0 Å². The molecule has 5 heteroatoms. The molecule has 0 amide bonds. The predicted molar refractivity (Wildman–Crippen MR) is 57.3 cm³/mol. The summed E-state index contributed by atoms with van der Waals surface area (Å²) in [7, 11) is 0. The van der Waals surface area contributed by atoms with Crippen molar-refractivity contribution in [2.24, 2.45) is 0 Å². The Morgan fingerprint density at radius 1 is 1.53 bits per heavy atom. The van der Waals surface area contributed by atoms with Gasteiger partial charge in [0.05, 0.1) is 4.92 Å². The molecule has 0 bridgehead atoms. The molecule has 0 fully saturated rings. The van der Waals surface area contributed by atoms with E-state index in [0.717, 1.165) is 0 Å². The zero-order valence-electron chi connectivity index (χ0n) is 8.20. The monoisotopic (exact) mass is 227 g/mol. The van der Waals surface area contributed by atoms with Crippen LogP contribution in [-0.4, -0.2) is 10.7 Å². The molecule has 0 aliphatic carbocycles. The number of hydrogen-bond acceptors (Lipinski definition) is 3. The highest BCUT2D eigenvalue weighted by Gasteiger charge is 2.13. The van der Waals surface area contributed by atoms with E-state index in [-0.39, 0.29) is 17.4 Å². The Labute approximate surface area is 92.0 Å². The molecule has 80 valence electrons. The van der Waals surface area contributed by atoms with E-state index in [9.17, 15) is 14.9 Å². The minimum absolute atomic E-state index is 0.0432. The van der Waals surface area contributed by atoms with Gasteiger partial charge < -0.3 is 0 Å². The van der Waals surface area contributed by atoms with Crippen LogP contribution < -0.4 is 0 Å². The van der Waals surface area contributed by atoms with Gasteiger partial charge in [-0.25, -0.2) is 0 Å². The van der Waals surface area contributed by atoms with E-state index < -0.39 is 4.92 Å². The summed E-state index contributed by atoms with van der Waals surface area (Å²) in [5.74, 6) is 0.0449. The average Bonchev–Trinajstić information content (AvgIpc) is 2.27. The summed E-state index contributed by atoms with van der Waals surface area (Å²) >= 11 is 5.63. The Morgan fingerprint density at radius 2 is 2.20 bits per heavy atom. The molecule has 0 aliphatic rings. The van der Waals surface area contributed by atoms with Gasteiger partial charge in [-0.1, -0.05) is 6.92 Å². The maximum Gasteiger partial charge on any atom is 0.269 e. The van der Waals surface area contributed by atoms with Gasteiger partial charge in [-0.2, -0.15) is 0 Å². The molecule has 0 spiro atoms. The third kappa shape index (κ3) is 2.53. The van der Waals surface area contributed by atoms with Crippen LogP contribution in [0.2, 0.25) is 0 Å². The van der Waals surface area contributed by atoms with Crippen LogP contribution in [-0.2, 0) is 5.88 Å². The number of carbonyl (C=O) groups excluding carboxylic acids is 1. The van der Waals surface area contributed by atoms with E-state index in [1.165, 1.54) is 18.2 Å². The summed E-state index contributed by atoms with van der Waals surface area (Å²) in [6, 6.07) is 4.12. The number of non-ortho nitro benzene ring substituents is 1. The van der Waals surface area contributed by atoms with Crippen molar-refractivity contribution in [3.8, 4) is 0 Å². The Bertz CT molecular complexity index is 404. The predicted octanol–water partition coefficient (Wildman–Crippen LogP) is 2.93. The molecule has 0 saturated carbocycles. The number of carbonyl (C=O) groups is 1. The van der Waals surface area contributed by atoms with Crippen LogP contribution in [0.5, 0.6) is 0 Å². The van der Waals surface area contributed by atoms with Gasteiger partial charge in [-0.05, 0) is 11.6 Å². The van der Waals surface area contributed by atoms with Crippen molar-refractivity contribution in [2.75, 3.05) is 0 Å². The fraction of sp³-hybridized carbons (Fsp3) is 0.300. The molecule has 0 atom stereocenters. The third-order valence-corrected chi connectivity index (χ3v) is 2.35. The van der Waals surface area contributed by atoms with Crippen LogP contribution in [0.4, 0.5) is 5.69 Å². The van der Waals surface area contributed by atoms with Gasteiger partial charge in [0.1, 0.15) is 0 Å². The lowest BCUT2D eigenvalue weighted by molar-refractivity contribution is -0.384. The van der Waals surface area contributed by atoms with Crippen molar-refractivity contribution in [3.63, 3.8) is 0 Å². The number of alkyl halides is 1. The summed E-state index contributed by atoms with van der Waals surface area (Å²) in [5, 5.41) is 10.5. The van der Waals surface area contributed by atoms with Crippen molar-refractivity contribution in [1.82, 2.24) is 0 Å². The minimum atomic E-state index is -0.504. The van der Waals surface area contributed by atoms with Crippen molar-refractivity contribution in [1.29, 1.82) is 0 Å². The molecule has 0 heterocycles. The van der Waals surface area contributed by atoms with Crippen LogP contribution in [0.15, 0.2) is 18.2 Å². The Kier molecular flexibility index (Phi) is 3.80. The number of hydrogen-bond donors (Lipinski definition) is 0. The molecular weight excluding hydrogens is 218 g/mol. The van der Waals surface area contributed by atoms with Crippen molar-refractivity contribution >= 4 is 23.1 Å². The lowest BCUT2D eigenvalue weighted by Gasteiger charge is -2.04. The summed E-state index contributed by atoms with van der Waals surface area (Å²) in [5.41, 5.74) is 0.939. The van der Waals surface area contributed by atoms with Crippen LogP contribution in [0.1, 0.15) is 29.3 Å². The molecule has 0 aliphatic heterocycles. The summed E-state index contributed by atoms with van der Waals surface area (Å²) in [6.45, 7) is 1.74. The van der Waals surface area contributed by atoms with Crippen molar-refractivity contribution in [3.05, 3.63) is 39.4 Å². The van der Waals surface area contributed by atoms with Crippen LogP contribution in [0.3, 0.4) is 0 Å². The number of nitro benzene ring substituents is 1. The van der Waals surface area contributed by atoms with Gasteiger partial charge in [-0.15, -0.1) is 11.6 Å².